The number of hydrogen-bond acceptors (Lipinski definition) is 3. The van der Waals surface area contributed by atoms with Crippen LogP contribution in [0.2, 0.25) is 0 Å². The molecule has 1 fully saturated rings. The third kappa shape index (κ3) is 2.36. The number of alkyl halides is 1. The molecule has 0 spiro atoms. The molecular weight excluding hydrogens is 309 g/mol. The molecule has 1 N–H and O–H groups in total. The average molecular weight is 327 g/mol. The Morgan fingerprint density at radius 1 is 1.12 bits per heavy atom. The van der Waals surface area contributed by atoms with Crippen LogP contribution in [0.15, 0.2) is 48.5 Å². The second-order valence-electron chi connectivity index (χ2n) is 6.47. The molecular formula is C19H18FNO3. The Morgan fingerprint density at radius 3 is 2.21 bits per heavy atom. The molecule has 2 aliphatic rings. The Balaban J connectivity index is 1.48. The van der Waals surface area contributed by atoms with Crippen molar-refractivity contribution in [2.75, 3.05) is 26.3 Å². The Kier molecular flexibility index (Phi) is 3.53. The number of rotatable bonds is 3. The van der Waals surface area contributed by atoms with Gasteiger partial charge in [0.05, 0.1) is 19.7 Å². The Labute approximate surface area is 139 Å². The van der Waals surface area contributed by atoms with E-state index in [1.54, 1.807) is 0 Å². The second-order valence-corrected chi connectivity index (χ2v) is 6.47. The third-order valence-electron chi connectivity index (χ3n) is 4.83. The fraction of sp³-hybridized carbons (Fsp3) is 0.316. The molecule has 24 heavy (non-hydrogen) atoms. The van der Waals surface area contributed by atoms with E-state index >= 15 is 0 Å². The number of halogens is 1. The van der Waals surface area contributed by atoms with Gasteiger partial charge in [-0.3, -0.25) is 0 Å². The predicted octanol–water partition coefficient (Wildman–Crippen LogP) is 2.95. The van der Waals surface area contributed by atoms with Crippen LogP contribution in [0.5, 0.6) is 0 Å². The van der Waals surface area contributed by atoms with Crippen LogP contribution in [0.1, 0.15) is 17.0 Å². The number of likely N-dealkylation sites (tertiary alicyclic amines) is 1. The Bertz CT molecular complexity index is 740. The maximum atomic E-state index is 13.7. The number of nitrogens with zero attached hydrogens (tertiary/aromatic N) is 1. The van der Waals surface area contributed by atoms with Crippen molar-refractivity contribution in [3.63, 3.8) is 0 Å². The largest absolute Gasteiger partial charge is 0.448 e. The topological polar surface area (TPSA) is 49.8 Å². The van der Waals surface area contributed by atoms with Gasteiger partial charge < -0.3 is 14.7 Å². The molecule has 0 atom stereocenters. The van der Waals surface area contributed by atoms with Gasteiger partial charge >= 0.3 is 6.09 Å². The fourth-order valence-electron chi connectivity index (χ4n) is 3.55. The van der Waals surface area contributed by atoms with Gasteiger partial charge in [0, 0.05) is 5.92 Å². The number of aliphatic hydroxyl groups is 1. The van der Waals surface area contributed by atoms with Gasteiger partial charge in [-0.1, -0.05) is 48.5 Å². The smallest absolute Gasteiger partial charge is 0.410 e. The molecule has 0 radical (unpaired) electrons. The van der Waals surface area contributed by atoms with Crippen LogP contribution in [0, 0.1) is 0 Å². The molecule has 1 aliphatic heterocycles. The zero-order valence-electron chi connectivity index (χ0n) is 13.1. The summed E-state index contributed by atoms with van der Waals surface area (Å²) in [5.74, 6) is -0.00407. The highest BCUT2D eigenvalue weighted by Gasteiger charge is 2.46. The molecule has 4 nitrogen and oxygen atoms in total. The number of hydrogen-bond donors (Lipinski definition) is 1. The van der Waals surface area contributed by atoms with E-state index in [9.17, 15) is 9.18 Å². The Morgan fingerprint density at radius 2 is 1.67 bits per heavy atom. The van der Waals surface area contributed by atoms with Crippen LogP contribution < -0.4 is 0 Å². The molecule has 2 aromatic rings. The maximum absolute atomic E-state index is 13.7. The lowest BCUT2D eigenvalue weighted by Crippen LogP contribution is -2.62. The third-order valence-corrected chi connectivity index (χ3v) is 4.83. The van der Waals surface area contributed by atoms with Crippen molar-refractivity contribution in [1.82, 2.24) is 4.90 Å². The van der Waals surface area contributed by atoms with Crippen molar-refractivity contribution in [3.8, 4) is 11.1 Å². The molecule has 0 bridgehead atoms. The normalized spacial score (nSPS) is 17.8. The highest BCUT2D eigenvalue weighted by molar-refractivity contribution is 5.79. The van der Waals surface area contributed by atoms with Crippen LogP contribution in [-0.2, 0) is 4.74 Å². The molecule has 2 aromatic carbocycles. The van der Waals surface area contributed by atoms with Crippen molar-refractivity contribution < 1.29 is 19.0 Å². The number of carbonyl (C=O) groups excluding carboxylic acids is 1. The van der Waals surface area contributed by atoms with Gasteiger partial charge in [-0.2, -0.15) is 0 Å². The first-order valence-electron chi connectivity index (χ1n) is 8.01. The summed E-state index contributed by atoms with van der Waals surface area (Å²) in [7, 11) is 0. The quantitative estimate of drug-likeness (QED) is 0.943. The van der Waals surface area contributed by atoms with Crippen LogP contribution in [0.25, 0.3) is 11.1 Å². The van der Waals surface area contributed by atoms with Crippen LogP contribution in [-0.4, -0.2) is 48.1 Å². The number of ether oxygens (including phenoxy) is 1. The predicted molar refractivity (Wildman–Crippen MR) is 87.6 cm³/mol. The van der Waals surface area contributed by atoms with Crippen molar-refractivity contribution in [3.05, 3.63) is 59.7 Å². The molecule has 1 aliphatic carbocycles. The average Bonchev–Trinajstić information content (AvgIpc) is 2.91. The van der Waals surface area contributed by atoms with E-state index in [4.69, 9.17) is 9.84 Å². The van der Waals surface area contributed by atoms with E-state index in [1.807, 2.05) is 24.3 Å². The van der Waals surface area contributed by atoms with E-state index in [0.29, 0.717) is 0 Å². The first-order chi connectivity index (χ1) is 11.6. The molecule has 1 heterocycles. The summed E-state index contributed by atoms with van der Waals surface area (Å²) >= 11 is 0. The van der Waals surface area contributed by atoms with E-state index in [2.05, 4.69) is 24.3 Å². The van der Waals surface area contributed by atoms with Crippen molar-refractivity contribution in [2.45, 2.75) is 11.6 Å². The SMILES string of the molecule is O=C(OCC1c2ccccc2-c2ccccc21)N1CC(F)(CO)C1. The van der Waals surface area contributed by atoms with Crippen molar-refractivity contribution in [2.24, 2.45) is 0 Å². The number of benzene rings is 2. The molecule has 1 amide bonds. The van der Waals surface area contributed by atoms with Crippen LogP contribution >= 0.6 is 0 Å². The van der Waals surface area contributed by atoms with Crippen LogP contribution in [0.4, 0.5) is 9.18 Å². The first-order valence-corrected chi connectivity index (χ1v) is 8.01. The van der Waals surface area contributed by atoms with Gasteiger partial charge in [0.15, 0.2) is 5.67 Å². The highest BCUT2D eigenvalue weighted by Crippen LogP contribution is 2.44. The zero-order chi connectivity index (χ0) is 16.7. The summed E-state index contributed by atoms with van der Waals surface area (Å²) < 4.78 is 19.1. The lowest BCUT2D eigenvalue weighted by Gasteiger charge is -2.42. The van der Waals surface area contributed by atoms with Crippen molar-refractivity contribution >= 4 is 6.09 Å². The van der Waals surface area contributed by atoms with Gasteiger partial charge in [0.25, 0.3) is 0 Å². The fourth-order valence-corrected chi connectivity index (χ4v) is 3.55. The monoisotopic (exact) mass is 327 g/mol. The molecule has 4 rings (SSSR count). The second kappa shape index (κ2) is 5.60. The molecule has 5 heteroatoms. The van der Waals surface area contributed by atoms with Gasteiger partial charge in [0.1, 0.15) is 6.61 Å². The zero-order valence-corrected chi connectivity index (χ0v) is 13.1. The van der Waals surface area contributed by atoms with E-state index in [1.165, 1.54) is 16.0 Å². The van der Waals surface area contributed by atoms with Gasteiger partial charge in [-0.15, -0.1) is 0 Å². The minimum atomic E-state index is -1.68. The summed E-state index contributed by atoms with van der Waals surface area (Å²) in [5.41, 5.74) is 2.95. The van der Waals surface area contributed by atoms with Gasteiger partial charge in [0.2, 0.25) is 0 Å². The summed E-state index contributed by atoms with van der Waals surface area (Å²) in [4.78, 5) is 13.3. The van der Waals surface area contributed by atoms with Gasteiger partial charge in [-0.05, 0) is 22.3 Å². The minimum absolute atomic E-state index is 0.00407. The highest BCUT2D eigenvalue weighted by atomic mass is 19.1. The molecule has 0 aromatic heterocycles. The summed E-state index contributed by atoms with van der Waals surface area (Å²) in [6.07, 6.45) is -0.529. The Hall–Kier alpha value is -2.40. The lowest BCUT2D eigenvalue weighted by atomic mass is 9.98. The van der Waals surface area contributed by atoms with Crippen LogP contribution in [0.3, 0.4) is 0 Å². The lowest BCUT2D eigenvalue weighted by molar-refractivity contribution is -0.0600. The molecule has 0 saturated carbocycles. The first kappa shape index (κ1) is 15.1. The van der Waals surface area contributed by atoms with E-state index < -0.39 is 18.4 Å². The number of amides is 1. The number of aliphatic hydroxyl groups excluding tert-OH is 1. The molecule has 0 unspecified atom stereocenters. The van der Waals surface area contributed by atoms with E-state index in [0.717, 1.165) is 11.1 Å². The number of fused-ring (bicyclic) bond motifs is 3. The standard InChI is InChI=1S/C19H18FNO3/c20-19(12-22)10-21(11-19)18(23)24-9-17-15-7-3-1-5-13(15)14-6-2-4-8-16(14)17/h1-8,17,22H,9-12H2. The number of carbonyl (C=O) groups is 1. The summed E-state index contributed by atoms with van der Waals surface area (Å²) in [6, 6.07) is 16.2. The summed E-state index contributed by atoms with van der Waals surface area (Å²) in [6.45, 7) is -0.567. The molecule has 124 valence electrons. The maximum Gasteiger partial charge on any atom is 0.410 e. The minimum Gasteiger partial charge on any atom is -0.448 e. The summed E-state index contributed by atoms with van der Waals surface area (Å²) in [5, 5.41) is 8.91. The van der Waals surface area contributed by atoms with E-state index in [-0.39, 0.29) is 25.6 Å². The van der Waals surface area contributed by atoms with Gasteiger partial charge in [-0.25, -0.2) is 9.18 Å². The molecule has 1 saturated heterocycles. The van der Waals surface area contributed by atoms with Crippen molar-refractivity contribution in [1.29, 1.82) is 0 Å².